The van der Waals surface area contributed by atoms with Crippen LogP contribution in [0.2, 0.25) is 0 Å². The maximum absolute atomic E-state index is 12.7. The molecule has 1 atom stereocenters. The molecule has 138 valence electrons. The first-order chi connectivity index (χ1) is 12.6. The number of amides is 1. The lowest BCUT2D eigenvalue weighted by Crippen LogP contribution is -2.42. The summed E-state index contributed by atoms with van der Waals surface area (Å²) in [4.78, 5) is 26.8. The Kier molecular flexibility index (Phi) is 5.71. The Balaban J connectivity index is 1.84. The van der Waals surface area contributed by atoms with Crippen molar-refractivity contribution in [1.82, 2.24) is 14.7 Å². The minimum absolute atomic E-state index is 0.0388. The van der Waals surface area contributed by atoms with Gasteiger partial charge >= 0.3 is 0 Å². The van der Waals surface area contributed by atoms with Gasteiger partial charge in [-0.05, 0) is 63.4 Å². The molecular formula is C20H25N3O3. The molecule has 0 bridgehead atoms. The van der Waals surface area contributed by atoms with E-state index in [2.05, 4.69) is 5.10 Å². The van der Waals surface area contributed by atoms with Crippen LogP contribution in [0.25, 0.3) is 11.3 Å². The fourth-order valence-electron chi connectivity index (χ4n) is 3.23. The molecule has 1 aliphatic rings. The molecule has 0 spiro atoms. The van der Waals surface area contributed by atoms with Crippen LogP contribution in [0.3, 0.4) is 0 Å². The van der Waals surface area contributed by atoms with Gasteiger partial charge in [-0.25, -0.2) is 4.68 Å². The number of hydrogen-bond donors (Lipinski definition) is 0. The van der Waals surface area contributed by atoms with Crippen LogP contribution in [-0.2, 0) is 4.79 Å². The normalized spacial score (nSPS) is 15.5. The number of carbonyl (C=O) groups is 1. The highest BCUT2D eigenvalue weighted by molar-refractivity contribution is 5.80. The second-order valence-electron chi connectivity index (χ2n) is 6.52. The topological polar surface area (TPSA) is 64.4 Å². The minimum atomic E-state index is -0.608. The molecule has 6 nitrogen and oxygen atoms in total. The van der Waals surface area contributed by atoms with E-state index in [9.17, 15) is 9.59 Å². The summed E-state index contributed by atoms with van der Waals surface area (Å²) in [6.07, 6.45) is 3.20. The molecule has 1 aromatic heterocycles. The van der Waals surface area contributed by atoms with Crippen molar-refractivity contribution in [3.63, 3.8) is 0 Å². The van der Waals surface area contributed by atoms with Crippen molar-refractivity contribution in [3.05, 3.63) is 46.8 Å². The van der Waals surface area contributed by atoms with Gasteiger partial charge in [0.05, 0.1) is 12.3 Å². The van der Waals surface area contributed by atoms with E-state index >= 15 is 0 Å². The predicted molar refractivity (Wildman–Crippen MR) is 100 cm³/mol. The monoisotopic (exact) mass is 355 g/mol. The summed E-state index contributed by atoms with van der Waals surface area (Å²) < 4.78 is 6.74. The minimum Gasteiger partial charge on any atom is -0.494 e. The molecule has 0 saturated carbocycles. The van der Waals surface area contributed by atoms with E-state index in [1.165, 1.54) is 10.7 Å². The van der Waals surface area contributed by atoms with Gasteiger partial charge in [0.25, 0.3) is 5.56 Å². The van der Waals surface area contributed by atoms with Crippen LogP contribution >= 0.6 is 0 Å². The van der Waals surface area contributed by atoms with Gasteiger partial charge in [-0.1, -0.05) is 0 Å². The molecule has 1 aromatic carbocycles. The van der Waals surface area contributed by atoms with Crippen LogP contribution in [0, 0.1) is 0 Å². The molecule has 1 unspecified atom stereocenters. The summed E-state index contributed by atoms with van der Waals surface area (Å²) in [5.74, 6) is 0.751. The lowest BCUT2D eigenvalue weighted by molar-refractivity contribution is -0.135. The average molecular weight is 355 g/mol. The summed E-state index contributed by atoms with van der Waals surface area (Å²) in [6, 6.07) is 10.1. The summed E-state index contributed by atoms with van der Waals surface area (Å²) in [5, 5.41) is 4.45. The Bertz CT molecular complexity index is 808. The van der Waals surface area contributed by atoms with Crippen molar-refractivity contribution in [2.75, 3.05) is 19.7 Å². The van der Waals surface area contributed by atoms with Crippen LogP contribution < -0.4 is 10.3 Å². The number of aromatic nitrogens is 2. The number of rotatable bonds is 5. The maximum atomic E-state index is 12.7. The highest BCUT2D eigenvalue weighted by Gasteiger charge is 2.25. The zero-order valence-corrected chi connectivity index (χ0v) is 15.4. The molecule has 1 amide bonds. The summed E-state index contributed by atoms with van der Waals surface area (Å²) >= 11 is 0. The van der Waals surface area contributed by atoms with Crippen LogP contribution in [0.1, 0.15) is 39.2 Å². The van der Waals surface area contributed by atoms with E-state index in [4.69, 9.17) is 4.74 Å². The highest BCUT2D eigenvalue weighted by Crippen LogP contribution is 2.21. The quantitative estimate of drug-likeness (QED) is 0.827. The number of hydrogen-bond acceptors (Lipinski definition) is 4. The Labute approximate surface area is 153 Å². The molecule has 6 heteroatoms. The molecule has 2 heterocycles. The van der Waals surface area contributed by atoms with Gasteiger partial charge in [-0.15, -0.1) is 0 Å². The number of benzene rings is 1. The fourth-order valence-corrected chi connectivity index (χ4v) is 3.23. The van der Waals surface area contributed by atoms with Crippen molar-refractivity contribution < 1.29 is 9.53 Å². The van der Waals surface area contributed by atoms with Gasteiger partial charge in [-0.3, -0.25) is 9.59 Å². The third-order valence-electron chi connectivity index (χ3n) is 4.68. The molecule has 2 aromatic rings. The molecule has 0 N–H and O–H groups in total. The Hall–Kier alpha value is -2.63. The van der Waals surface area contributed by atoms with Crippen LogP contribution in [-0.4, -0.2) is 40.3 Å². The Morgan fingerprint density at radius 2 is 1.81 bits per heavy atom. The molecule has 1 aliphatic heterocycles. The second-order valence-corrected chi connectivity index (χ2v) is 6.52. The first-order valence-electron chi connectivity index (χ1n) is 9.22. The molecule has 0 radical (unpaired) electrons. The van der Waals surface area contributed by atoms with Crippen molar-refractivity contribution >= 4 is 5.91 Å². The van der Waals surface area contributed by atoms with Gasteiger partial charge in [0.2, 0.25) is 5.91 Å². The standard InChI is InChI=1S/C20H25N3O3/c1-3-26-17-9-7-16(8-10-17)18-11-12-19(24)23(21-18)15(2)20(25)22-13-5-4-6-14-22/h7-12,15H,3-6,13-14H2,1-2H3. The Morgan fingerprint density at radius 3 is 2.46 bits per heavy atom. The van der Waals surface area contributed by atoms with Crippen molar-refractivity contribution in [2.45, 2.75) is 39.2 Å². The molecule has 1 saturated heterocycles. The molecule has 1 fully saturated rings. The van der Waals surface area contributed by atoms with Crippen molar-refractivity contribution in [2.24, 2.45) is 0 Å². The number of ether oxygens (including phenoxy) is 1. The second kappa shape index (κ2) is 8.17. The smallest absolute Gasteiger partial charge is 0.267 e. The number of piperidine rings is 1. The number of nitrogens with zero attached hydrogens (tertiary/aromatic N) is 3. The molecular weight excluding hydrogens is 330 g/mol. The largest absolute Gasteiger partial charge is 0.494 e. The first kappa shape index (κ1) is 18.2. The van der Waals surface area contributed by atoms with Gasteiger partial charge in [0.15, 0.2) is 0 Å². The summed E-state index contributed by atoms with van der Waals surface area (Å²) in [6.45, 7) is 5.81. The zero-order chi connectivity index (χ0) is 18.5. The van der Waals surface area contributed by atoms with E-state index in [0.717, 1.165) is 43.7 Å². The molecule has 0 aliphatic carbocycles. The lowest BCUT2D eigenvalue weighted by Gasteiger charge is -2.29. The fraction of sp³-hybridized carbons (Fsp3) is 0.450. The predicted octanol–water partition coefficient (Wildman–Crippen LogP) is 2.88. The van der Waals surface area contributed by atoms with E-state index in [-0.39, 0.29) is 11.5 Å². The number of carbonyl (C=O) groups excluding carboxylic acids is 1. The summed E-state index contributed by atoms with van der Waals surface area (Å²) in [5.41, 5.74) is 1.27. The third-order valence-corrected chi connectivity index (χ3v) is 4.68. The lowest BCUT2D eigenvalue weighted by atomic mass is 10.1. The summed E-state index contributed by atoms with van der Waals surface area (Å²) in [7, 11) is 0. The van der Waals surface area contributed by atoms with E-state index in [1.54, 1.807) is 13.0 Å². The van der Waals surface area contributed by atoms with Gasteiger partial charge < -0.3 is 9.64 Å². The first-order valence-corrected chi connectivity index (χ1v) is 9.22. The van der Waals surface area contributed by atoms with E-state index in [0.29, 0.717) is 12.3 Å². The van der Waals surface area contributed by atoms with Crippen LogP contribution in [0.5, 0.6) is 5.75 Å². The van der Waals surface area contributed by atoms with E-state index < -0.39 is 6.04 Å². The van der Waals surface area contributed by atoms with Crippen molar-refractivity contribution in [3.8, 4) is 17.0 Å². The maximum Gasteiger partial charge on any atom is 0.267 e. The van der Waals surface area contributed by atoms with Gasteiger partial charge in [0, 0.05) is 24.7 Å². The van der Waals surface area contributed by atoms with Gasteiger partial charge in [0.1, 0.15) is 11.8 Å². The van der Waals surface area contributed by atoms with Crippen molar-refractivity contribution in [1.29, 1.82) is 0 Å². The van der Waals surface area contributed by atoms with Crippen LogP contribution in [0.4, 0.5) is 0 Å². The highest BCUT2D eigenvalue weighted by atomic mass is 16.5. The molecule has 26 heavy (non-hydrogen) atoms. The Morgan fingerprint density at radius 1 is 1.12 bits per heavy atom. The third kappa shape index (κ3) is 3.95. The average Bonchev–Trinajstić information content (AvgIpc) is 2.69. The van der Waals surface area contributed by atoms with Crippen LogP contribution in [0.15, 0.2) is 41.2 Å². The van der Waals surface area contributed by atoms with Gasteiger partial charge in [-0.2, -0.15) is 5.10 Å². The number of likely N-dealkylation sites (tertiary alicyclic amines) is 1. The van der Waals surface area contributed by atoms with E-state index in [1.807, 2.05) is 36.1 Å². The molecule has 3 rings (SSSR count). The SMILES string of the molecule is CCOc1ccc(-c2ccc(=O)n(C(C)C(=O)N3CCCCC3)n2)cc1. The zero-order valence-electron chi connectivity index (χ0n) is 15.4.